The average molecular weight is 272 g/mol. The summed E-state index contributed by atoms with van der Waals surface area (Å²) in [4.78, 5) is 22.8. The minimum Gasteiger partial charge on any atom is -0.465 e. The molecule has 0 aliphatic heterocycles. The number of hydrogen-bond donors (Lipinski definition) is 0. The lowest BCUT2D eigenvalue weighted by Gasteiger charge is -2.12. The Kier molecular flexibility index (Phi) is 11.3. The van der Waals surface area contributed by atoms with Gasteiger partial charge in [0.2, 0.25) is 0 Å². The van der Waals surface area contributed by atoms with Crippen LogP contribution < -0.4 is 0 Å². The average Bonchev–Trinajstić information content (AvgIpc) is 2.35. The zero-order valence-electron chi connectivity index (χ0n) is 12.6. The van der Waals surface area contributed by atoms with Crippen LogP contribution in [0.25, 0.3) is 0 Å². The van der Waals surface area contributed by atoms with Crippen LogP contribution in [0, 0.1) is 0 Å². The van der Waals surface area contributed by atoms with Gasteiger partial charge in [-0.15, -0.1) is 0 Å². The minimum atomic E-state index is -0.484. The molecule has 0 heterocycles. The number of rotatable bonds is 11. The molecule has 0 fully saturated rings. The van der Waals surface area contributed by atoms with Crippen molar-refractivity contribution >= 4 is 11.9 Å². The first-order valence-electron chi connectivity index (χ1n) is 7.45. The van der Waals surface area contributed by atoms with Crippen LogP contribution in [0.2, 0.25) is 0 Å². The maximum absolute atomic E-state index is 11.4. The Bertz CT molecular complexity index is 251. The molecule has 0 spiro atoms. The van der Waals surface area contributed by atoms with E-state index in [9.17, 15) is 9.59 Å². The molecule has 0 aliphatic carbocycles. The minimum absolute atomic E-state index is 0.121. The van der Waals surface area contributed by atoms with E-state index in [1.807, 2.05) is 6.92 Å². The van der Waals surface area contributed by atoms with Gasteiger partial charge in [0.05, 0.1) is 12.7 Å². The number of ether oxygens (including phenoxy) is 2. The number of carbonyl (C=O) groups is 2. The van der Waals surface area contributed by atoms with Crippen molar-refractivity contribution in [2.75, 3.05) is 6.61 Å². The van der Waals surface area contributed by atoms with Crippen molar-refractivity contribution < 1.29 is 19.1 Å². The van der Waals surface area contributed by atoms with Crippen LogP contribution in [0.1, 0.15) is 72.1 Å². The molecule has 0 aromatic rings. The van der Waals surface area contributed by atoms with E-state index in [1.54, 1.807) is 0 Å². The molecule has 0 saturated carbocycles. The molecule has 0 aromatic heterocycles. The summed E-state index contributed by atoms with van der Waals surface area (Å²) in [6.45, 7) is 6.47. The van der Waals surface area contributed by atoms with Gasteiger partial charge in [-0.2, -0.15) is 0 Å². The lowest BCUT2D eigenvalue weighted by atomic mass is 10.2. The van der Waals surface area contributed by atoms with E-state index in [0.29, 0.717) is 6.61 Å². The number of esters is 2. The largest absolute Gasteiger partial charge is 0.465 e. The Morgan fingerprint density at radius 1 is 0.947 bits per heavy atom. The van der Waals surface area contributed by atoms with E-state index >= 15 is 0 Å². The molecular formula is C15H28O4. The normalized spacial score (nSPS) is 11.9. The van der Waals surface area contributed by atoms with Gasteiger partial charge in [0.15, 0.2) is 0 Å². The molecule has 0 aromatic carbocycles. The fourth-order valence-electron chi connectivity index (χ4n) is 1.70. The first-order chi connectivity index (χ1) is 9.10. The van der Waals surface area contributed by atoms with E-state index in [1.165, 1.54) is 0 Å². The van der Waals surface area contributed by atoms with Gasteiger partial charge in [0.1, 0.15) is 6.42 Å². The zero-order valence-corrected chi connectivity index (χ0v) is 12.6. The van der Waals surface area contributed by atoms with Crippen molar-refractivity contribution in [3.05, 3.63) is 0 Å². The summed E-state index contributed by atoms with van der Waals surface area (Å²) in [5.41, 5.74) is 0. The standard InChI is InChI=1S/C15H28O4/c1-4-6-8-9-11-18-14(16)12-15(17)19-13(3)10-7-5-2/h13H,4-12H2,1-3H3. The quantitative estimate of drug-likeness (QED) is 0.327. The number of carbonyl (C=O) groups excluding carboxylic acids is 2. The van der Waals surface area contributed by atoms with Crippen LogP contribution in [0.4, 0.5) is 0 Å². The van der Waals surface area contributed by atoms with Crippen LogP contribution in [0.5, 0.6) is 0 Å². The van der Waals surface area contributed by atoms with Crippen LogP contribution in [0.15, 0.2) is 0 Å². The van der Waals surface area contributed by atoms with E-state index in [0.717, 1.165) is 44.9 Å². The van der Waals surface area contributed by atoms with E-state index in [2.05, 4.69) is 13.8 Å². The Morgan fingerprint density at radius 3 is 2.26 bits per heavy atom. The van der Waals surface area contributed by atoms with Gasteiger partial charge in [-0.05, 0) is 19.8 Å². The zero-order chi connectivity index (χ0) is 14.5. The summed E-state index contributed by atoms with van der Waals surface area (Å²) < 4.78 is 10.1. The summed E-state index contributed by atoms with van der Waals surface area (Å²) in [6, 6.07) is 0. The molecule has 0 bridgehead atoms. The summed E-state index contributed by atoms with van der Waals surface area (Å²) in [6.07, 6.45) is 6.76. The topological polar surface area (TPSA) is 52.6 Å². The molecular weight excluding hydrogens is 244 g/mol. The maximum Gasteiger partial charge on any atom is 0.317 e. The van der Waals surface area contributed by atoms with Gasteiger partial charge >= 0.3 is 11.9 Å². The molecule has 0 N–H and O–H groups in total. The van der Waals surface area contributed by atoms with Gasteiger partial charge in [-0.1, -0.05) is 46.0 Å². The summed E-state index contributed by atoms with van der Waals surface area (Å²) in [5.74, 6) is -0.966. The van der Waals surface area contributed by atoms with Gasteiger partial charge in [0, 0.05) is 0 Å². The second kappa shape index (κ2) is 12.0. The second-order valence-electron chi connectivity index (χ2n) is 4.90. The van der Waals surface area contributed by atoms with Crippen LogP contribution >= 0.6 is 0 Å². The highest BCUT2D eigenvalue weighted by Gasteiger charge is 2.14. The molecule has 19 heavy (non-hydrogen) atoms. The van der Waals surface area contributed by atoms with Gasteiger partial charge in [0.25, 0.3) is 0 Å². The molecule has 0 rings (SSSR count). The van der Waals surface area contributed by atoms with Gasteiger partial charge in [-0.25, -0.2) is 0 Å². The smallest absolute Gasteiger partial charge is 0.317 e. The molecule has 4 nitrogen and oxygen atoms in total. The van der Waals surface area contributed by atoms with Gasteiger partial charge in [-0.3, -0.25) is 9.59 Å². The van der Waals surface area contributed by atoms with Crippen molar-refractivity contribution in [2.24, 2.45) is 0 Å². The molecule has 112 valence electrons. The van der Waals surface area contributed by atoms with E-state index in [4.69, 9.17) is 9.47 Å². The van der Waals surface area contributed by atoms with Gasteiger partial charge < -0.3 is 9.47 Å². The SMILES string of the molecule is CCCCCCOC(=O)CC(=O)OC(C)CCCC. The lowest BCUT2D eigenvalue weighted by molar-refractivity contribution is -0.157. The van der Waals surface area contributed by atoms with Crippen molar-refractivity contribution in [3.63, 3.8) is 0 Å². The molecule has 0 saturated heterocycles. The fourth-order valence-corrected chi connectivity index (χ4v) is 1.70. The number of hydrogen-bond acceptors (Lipinski definition) is 4. The Hall–Kier alpha value is -1.06. The molecule has 4 heteroatoms. The summed E-state index contributed by atoms with van der Waals surface area (Å²) >= 11 is 0. The third-order valence-corrected chi connectivity index (χ3v) is 2.85. The summed E-state index contributed by atoms with van der Waals surface area (Å²) in [7, 11) is 0. The molecule has 1 unspecified atom stereocenters. The van der Waals surface area contributed by atoms with Crippen molar-refractivity contribution in [1.29, 1.82) is 0 Å². The predicted octanol–water partition coefficient (Wildman–Crippen LogP) is 3.62. The van der Waals surface area contributed by atoms with Crippen LogP contribution in [-0.2, 0) is 19.1 Å². The first kappa shape index (κ1) is 17.9. The number of unbranched alkanes of at least 4 members (excludes halogenated alkanes) is 4. The molecule has 0 radical (unpaired) electrons. The van der Waals surface area contributed by atoms with Crippen molar-refractivity contribution in [3.8, 4) is 0 Å². The highest BCUT2D eigenvalue weighted by atomic mass is 16.6. The van der Waals surface area contributed by atoms with Crippen molar-refractivity contribution in [1.82, 2.24) is 0 Å². The predicted molar refractivity (Wildman–Crippen MR) is 74.8 cm³/mol. The van der Waals surface area contributed by atoms with E-state index < -0.39 is 11.9 Å². The van der Waals surface area contributed by atoms with Crippen LogP contribution in [-0.4, -0.2) is 24.6 Å². The summed E-state index contributed by atoms with van der Waals surface area (Å²) in [5, 5.41) is 0. The molecule has 0 amide bonds. The first-order valence-corrected chi connectivity index (χ1v) is 7.45. The molecule has 0 aliphatic rings. The molecule has 1 atom stereocenters. The Labute approximate surface area is 116 Å². The van der Waals surface area contributed by atoms with Crippen molar-refractivity contribution in [2.45, 2.75) is 78.2 Å². The Morgan fingerprint density at radius 2 is 1.63 bits per heavy atom. The fraction of sp³-hybridized carbons (Fsp3) is 0.867. The highest BCUT2D eigenvalue weighted by molar-refractivity contribution is 5.91. The van der Waals surface area contributed by atoms with E-state index in [-0.39, 0.29) is 12.5 Å². The third kappa shape index (κ3) is 11.7. The second-order valence-corrected chi connectivity index (χ2v) is 4.90. The lowest BCUT2D eigenvalue weighted by Crippen LogP contribution is -2.19. The highest BCUT2D eigenvalue weighted by Crippen LogP contribution is 2.06. The maximum atomic E-state index is 11.4. The Balaban J connectivity index is 3.60. The monoisotopic (exact) mass is 272 g/mol. The van der Waals surface area contributed by atoms with Crippen LogP contribution in [0.3, 0.4) is 0 Å². The third-order valence-electron chi connectivity index (χ3n) is 2.85.